The maximum Gasteiger partial charge on any atom is 0.0730 e. The molecule has 3 aromatic rings. The number of aromatic nitrogens is 1. The topological polar surface area (TPSA) is 28.2 Å². The van der Waals surface area contributed by atoms with Crippen LogP contribution >= 0.6 is 48.0 Å². The molecule has 0 aliphatic rings. The van der Waals surface area contributed by atoms with Gasteiger partial charge in [0, 0.05) is 42.2 Å². The molecule has 1 N–H and O–H groups in total. The van der Waals surface area contributed by atoms with Crippen molar-refractivity contribution in [3.05, 3.63) is 48.5 Å². The van der Waals surface area contributed by atoms with Crippen molar-refractivity contribution in [1.29, 1.82) is 0 Å². The first-order valence-corrected chi connectivity index (χ1v) is 11.3. The van der Waals surface area contributed by atoms with Crippen LogP contribution in [-0.4, -0.2) is 47.8 Å². The summed E-state index contributed by atoms with van der Waals surface area (Å²) in [6.07, 6.45) is 4.83. The minimum absolute atomic E-state index is 0. The normalized spacial score (nSPS) is 10.8. The zero-order valence-electron chi connectivity index (χ0n) is 17.2. The molecule has 0 radical (unpaired) electrons. The molecule has 0 atom stereocenters. The monoisotopic (exact) mass is 489 g/mol. The third kappa shape index (κ3) is 7.62. The molecular formula is C23H31Cl4N3. The van der Waals surface area contributed by atoms with Crippen molar-refractivity contribution in [2.45, 2.75) is 25.7 Å². The van der Waals surface area contributed by atoms with Crippen LogP contribution < -0.4 is 5.32 Å². The van der Waals surface area contributed by atoms with Crippen LogP contribution in [0.25, 0.3) is 21.8 Å². The van der Waals surface area contributed by atoms with E-state index in [0.717, 1.165) is 43.6 Å². The molecule has 7 heteroatoms. The quantitative estimate of drug-likeness (QED) is 0.168. The lowest BCUT2D eigenvalue weighted by atomic mass is 10.1. The molecule has 0 amide bonds. The first kappa shape index (κ1) is 27.1. The van der Waals surface area contributed by atoms with Crippen molar-refractivity contribution < 1.29 is 0 Å². The van der Waals surface area contributed by atoms with Crippen LogP contribution in [-0.2, 0) is 0 Å². The summed E-state index contributed by atoms with van der Waals surface area (Å²) in [4.78, 5) is 7.14. The van der Waals surface area contributed by atoms with Gasteiger partial charge in [-0.15, -0.1) is 48.0 Å². The molecule has 0 saturated heterocycles. The lowest BCUT2D eigenvalue weighted by Gasteiger charge is -2.19. The number of fused-ring (bicyclic) bond motifs is 2. The standard InChI is InChI=1S/C23H29Cl2N3.2ClH/c24-13-17-28(18-14-25)16-8-2-1-7-15-26-23-19-9-3-5-11-21(19)27-22-12-6-4-10-20(22)23;;/h3-6,9-12H,1-2,7-8,13-18H2,(H,26,27);2*1H. The van der Waals surface area contributed by atoms with Gasteiger partial charge < -0.3 is 10.2 Å². The molecule has 0 spiro atoms. The Bertz CT molecular complexity index is 815. The zero-order valence-corrected chi connectivity index (χ0v) is 20.3. The van der Waals surface area contributed by atoms with Gasteiger partial charge in [-0.25, -0.2) is 4.98 Å². The van der Waals surface area contributed by atoms with Gasteiger partial charge in [-0.2, -0.15) is 0 Å². The predicted octanol–water partition coefficient (Wildman–Crippen LogP) is 6.98. The van der Waals surface area contributed by atoms with E-state index in [0.29, 0.717) is 11.8 Å². The highest BCUT2D eigenvalue weighted by atomic mass is 35.5. The molecule has 1 aromatic heterocycles. The van der Waals surface area contributed by atoms with Crippen molar-refractivity contribution in [3.8, 4) is 0 Å². The second-order valence-corrected chi connectivity index (χ2v) is 7.84. The summed E-state index contributed by atoms with van der Waals surface area (Å²) in [6, 6.07) is 16.7. The first-order valence-electron chi connectivity index (χ1n) is 10.2. The molecule has 3 rings (SSSR count). The number of nitrogens with zero attached hydrogens (tertiary/aromatic N) is 2. The number of anilines is 1. The second kappa shape index (κ2) is 14.9. The number of hydrogen-bond acceptors (Lipinski definition) is 3. The largest absolute Gasteiger partial charge is 0.384 e. The second-order valence-electron chi connectivity index (χ2n) is 7.08. The van der Waals surface area contributed by atoms with E-state index < -0.39 is 0 Å². The first-order chi connectivity index (χ1) is 13.8. The van der Waals surface area contributed by atoms with Gasteiger partial charge in [0.25, 0.3) is 0 Å². The Kier molecular flexibility index (Phi) is 13.5. The van der Waals surface area contributed by atoms with E-state index in [4.69, 9.17) is 28.2 Å². The molecule has 0 unspecified atom stereocenters. The van der Waals surface area contributed by atoms with E-state index in [1.54, 1.807) is 0 Å². The van der Waals surface area contributed by atoms with Gasteiger partial charge in [0.15, 0.2) is 0 Å². The predicted molar refractivity (Wildman–Crippen MR) is 139 cm³/mol. The molecule has 0 aliphatic carbocycles. The van der Waals surface area contributed by atoms with Gasteiger partial charge in [-0.05, 0) is 31.5 Å². The number of benzene rings is 2. The third-order valence-corrected chi connectivity index (χ3v) is 5.43. The van der Waals surface area contributed by atoms with E-state index in [-0.39, 0.29) is 24.8 Å². The Morgan fingerprint density at radius 1 is 0.700 bits per heavy atom. The van der Waals surface area contributed by atoms with Gasteiger partial charge in [-0.3, -0.25) is 0 Å². The summed E-state index contributed by atoms with van der Waals surface area (Å²) in [5, 5.41) is 6.07. The summed E-state index contributed by atoms with van der Waals surface area (Å²) in [5.74, 6) is 1.35. The van der Waals surface area contributed by atoms with Crippen LogP contribution in [0, 0.1) is 0 Å². The number of para-hydroxylation sites is 2. The Morgan fingerprint density at radius 2 is 1.23 bits per heavy atom. The molecule has 30 heavy (non-hydrogen) atoms. The Labute approximate surface area is 202 Å². The minimum Gasteiger partial charge on any atom is -0.384 e. The average molecular weight is 491 g/mol. The summed E-state index contributed by atoms with van der Waals surface area (Å²) in [7, 11) is 0. The van der Waals surface area contributed by atoms with E-state index in [1.165, 1.54) is 35.7 Å². The third-order valence-electron chi connectivity index (χ3n) is 5.09. The molecule has 0 fully saturated rings. The lowest BCUT2D eigenvalue weighted by molar-refractivity contribution is 0.299. The summed E-state index contributed by atoms with van der Waals surface area (Å²) >= 11 is 11.7. The van der Waals surface area contributed by atoms with Gasteiger partial charge in [0.2, 0.25) is 0 Å². The molecule has 166 valence electrons. The van der Waals surface area contributed by atoms with E-state index in [9.17, 15) is 0 Å². The number of unbranched alkanes of at least 4 members (excludes halogenated alkanes) is 3. The van der Waals surface area contributed by atoms with Gasteiger partial charge in [0.1, 0.15) is 0 Å². The van der Waals surface area contributed by atoms with Crippen molar-refractivity contribution in [3.63, 3.8) is 0 Å². The molecule has 0 aliphatic heterocycles. The highest BCUT2D eigenvalue weighted by Gasteiger charge is 2.08. The fourth-order valence-corrected chi connectivity index (χ4v) is 4.11. The molecule has 0 saturated carbocycles. The van der Waals surface area contributed by atoms with Gasteiger partial charge in [-0.1, -0.05) is 49.2 Å². The number of halogens is 4. The highest BCUT2D eigenvalue weighted by Crippen LogP contribution is 2.30. The number of nitrogens with one attached hydrogen (secondary N) is 1. The van der Waals surface area contributed by atoms with Crippen molar-refractivity contribution in [1.82, 2.24) is 9.88 Å². The minimum atomic E-state index is 0. The average Bonchev–Trinajstić information content (AvgIpc) is 2.72. The summed E-state index contributed by atoms with van der Waals surface area (Å²) < 4.78 is 0. The maximum atomic E-state index is 5.86. The van der Waals surface area contributed by atoms with E-state index >= 15 is 0 Å². The zero-order chi connectivity index (χ0) is 19.6. The molecule has 0 bridgehead atoms. The number of alkyl halides is 2. The molecule has 3 nitrogen and oxygen atoms in total. The van der Waals surface area contributed by atoms with Gasteiger partial charge in [0.05, 0.1) is 16.7 Å². The van der Waals surface area contributed by atoms with Crippen LogP contribution in [0.2, 0.25) is 0 Å². The lowest BCUT2D eigenvalue weighted by Crippen LogP contribution is -2.28. The fraction of sp³-hybridized carbons (Fsp3) is 0.435. The molecular weight excluding hydrogens is 460 g/mol. The SMILES string of the molecule is Cl.Cl.ClCCN(CCCl)CCCCCCNc1c2ccccc2nc2ccccc12. The summed E-state index contributed by atoms with van der Waals surface area (Å²) in [6.45, 7) is 3.92. The van der Waals surface area contributed by atoms with Crippen LogP contribution in [0.3, 0.4) is 0 Å². The Hall–Kier alpha value is -0.970. The summed E-state index contributed by atoms with van der Waals surface area (Å²) in [5.41, 5.74) is 3.29. The smallest absolute Gasteiger partial charge is 0.0730 e. The Morgan fingerprint density at radius 3 is 1.80 bits per heavy atom. The van der Waals surface area contributed by atoms with Crippen LogP contribution in [0.5, 0.6) is 0 Å². The maximum absolute atomic E-state index is 5.86. The Balaban J connectivity index is 0.00000225. The van der Waals surface area contributed by atoms with Crippen molar-refractivity contribution >= 4 is 75.5 Å². The number of hydrogen-bond donors (Lipinski definition) is 1. The van der Waals surface area contributed by atoms with Crippen LogP contribution in [0.15, 0.2) is 48.5 Å². The number of pyridine rings is 1. The molecule has 2 aromatic carbocycles. The van der Waals surface area contributed by atoms with E-state index in [1.807, 2.05) is 12.1 Å². The van der Waals surface area contributed by atoms with E-state index in [2.05, 4.69) is 46.6 Å². The van der Waals surface area contributed by atoms with Crippen LogP contribution in [0.4, 0.5) is 5.69 Å². The number of rotatable bonds is 12. The van der Waals surface area contributed by atoms with Crippen LogP contribution in [0.1, 0.15) is 25.7 Å². The molecule has 1 heterocycles. The fourth-order valence-electron chi connectivity index (χ4n) is 3.63. The van der Waals surface area contributed by atoms with Crippen molar-refractivity contribution in [2.24, 2.45) is 0 Å². The van der Waals surface area contributed by atoms with Crippen molar-refractivity contribution in [2.75, 3.05) is 43.3 Å². The highest BCUT2D eigenvalue weighted by molar-refractivity contribution is 6.18. The van der Waals surface area contributed by atoms with Gasteiger partial charge >= 0.3 is 0 Å².